The highest BCUT2D eigenvalue weighted by Crippen LogP contribution is 2.34. The number of rotatable bonds is 3. The topological polar surface area (TPSA) is 47.6 Å². The maximum atomic E-state index is 10.9. The van der Waals surface area contributed by atoms with E-state index in [2.05, 4.69) is 5.32 Å². The van der Waals surface area contributed by atoms with Crippen LogP contribution in [0.2, 0.25) is 0 Å². The van der Waals surface area contributed by atoms with Crippen LogP contribution in [0.25, 0.3) is 0 Å². The van der Waals surface area contributed by atoms with Gasteiger partial charge < -0.3 is 14.8 Å². The lowest BCUT2D eigenvalue weighted by Crippen LogP contribution is -2.41. The number of ether oxygens (including phenoxy) is 2. The Bertz CT molecular complexity index is 381. The Morgan fingerprint density at radius 3 is 2.60 bits per heavy atom. The fourth-order valence-electron chi connectivity index (χ4n) is 1.66. The lowest BCUT2D eigenvalue weighted by atomic mass is 9.96. The van der Waals surface area contributed by atoms with Crippen molar-refractivity contribution in [2.45, 2.75) is 12.5 Å². The molecule has 1 unspecified atom stereocenters. The Morgan fingerprint density at radius 1 is 1.33 bits per heavy atom. The first-order valence-corrected chi connectivity index (χ1v) is 4.76. The molecule has 15 heavy (non-hydrogen) atoms. The van der Waals surface area contributed by atoms with Gasteiger partial charge in [-0.1, -0.05) is 0 Å². The number of hydrogen-bond acceptors (Lipinski definition) is 3. The van der Waals surface area contributed by atoms with Crippen LogP contribution in [0.1, 0.15) is 18.0 Å². The molecule has 0 saturated carbocycles. The SMILES string of the molecule is COc1ccc(OC)c(C2CC(=O)N2)c1. The highest BCUT2D eigenvalue weighted by molar-refractivity contribution is 5.83. The summed E-state index contributed by atoms with van der Waals surface area (Å²) in [6.07, 6.45) is 0.517. The van der Waals surface area contributed by atoms with Crippen molar-refractivity contribution >= 4 is 5.91 Å². The van der Waals surface area contributed by atoms with Crippen molar-refractivity contribution in [2.75, 3.05) is 14.2 Å². The minimum atomic E-state index is 0.0579. The molecule has 4 nitrogen and oxygen atoms in total. The number of amides is 1. The van der Waals surface area contributed by atoms with E-state index in [-0.39, 0.29) is 11.9 Å². The molecule has 1 aliphatic rings. The number of benzene rings is 1. The van der Waals surface area contributed by atoms with E-state index in [1.54, 1.807) is 14.2 Å². The quantitative estimate of drug-likeness (QED) is 0.759. The first-order chi connectivity index (χ1) is 7.24. The highest BCUT2D eigenvalue weighted by Gasteiger charge is 2.29. The van der Waals surface area contributed by atoms with Gasteiger partial charge in [-0.25, -0.2) is 0 Å². The van der Waals surface area contributed by atoms with Gasteiger partial charge in [-0.05, 0) is 18.2 Å². The van der Waals surface area contributed by atoms with Crippen molar-refractivity contribution in [3.63, 3.8) is 0 Å². The maximum absolute atomic E-state index is 10.9. The third-order valence-corrected chi connectivity index (χ3v) is 2.54. The first kappa shape index (κ1) is 9.83. The minimum absolute atomic E-state index is 0.0579. The fraction of sp³-hybridized carbons (Fsp3) is 0.364. The Hall–Kier alpha value is -1.71. The van der Waals surface area contributed by atoms with Crippen LogP contribution in [0.3, 0.4) is 0 Å². The molecule has 0 aliphatic carbocycles. The van der Waals surface area contributed by atoms with Crippen molar-refractivity contribution < 1.29 is 14.3 Å². The predicted molar refractivity (Wildman–Crippen MR) is 55.0 cm³/mol. The summed E-state index contributed by atoms with van der Waals surface area (Å²) in [5.74, 6) is 1.62. The number of methoxy groups -OCH3 is 2. The van der Waals surface area contributed by atoms with E-state index in [9.17, 15) is 4.79 Å². The molecule has 1 aromatic rings. The lowest BCUT2D eigenvalue weighted by molar-refractivity contribution is -0.128. The average Bonchev–Trinajstić information content (AvgIpc) is 2.24. The molecule has 0 bridgehead atoms. The van der Waals surface area contributed by atoms with E-state index in [0.29, 0.717) is 6.42 Å². The van der Waals surface area contributed by atoms with Crippen LogP contribution < -0.4 is 14.8 Å². The van der Waals surface area contributed by atoms with Gasteiger partial charge in [0.2, 0.25) is 5.91 Å². The van der Waals surface area contributed by atoms with Gasteiger partial charge in [-0.2, -0.15) is 0 Å². The summed E-state index contributed by atoms with van der Waals surface area (Å²) in [6, 6.07) is 5.63. The standard InChI is InChI=1S/C11H13NO3/c1-14-7-3-4-10(15-2)8(5-7)9-6-11(13)12-9/h3-5,9H,6H2,1-2H3,(H,12,13). The second kappa shape index (κ2) is 3.81. The molecule has 1 aliphatic heterocycles. The molecule has 0 spiro atoms. The zero-order valence-electron chi connectivity index (χ0n) is 8.74. The Morgan fingerprint density at radius 2 is 2.07 bits per heavy atom. The van der Waals surface area contributed by atoms with Crippen LogP contribution in [0.5, 0.6) is 11.5 Å². The predicted octanol–water partition coefficient (Wildman–Crippen LogP) is 1.26. The van der Waals surface area contributed by atoms with Gasteiger partial charge in [0.1, 0.15) is 11.5 Å². The van der Waals surface area contributed by atoms with Gasteiger partial charge in [0.15, 0.2) is 0 Å². The molecule has 1 saturated heterocycles. The number of β-lactam (4-membered cyclic amide) rings is 1. The Balaban J connectivity index is 2.29. The number of carbonyl (C=O) groups is 1. The molecule has 1 amide bonds. The number of hydrogen-bond donors (Lipinski definition) is 1. The van der Waals surface area contributed by atoms with Crippen LogP contribution in [-0.4, -0.2) is 20.1 Å². The van der Waals surface area contributed by atoms with Crippen LogP contribution in [0, 0.1) is 0 Å². The molecule has 1 fully saturated rings. The average molecular weight is 207 g/mol. The molecule has 1 aromatic carbocycles. The first-order valence-electron chi connectivity index (χ1n) is 4.76. The van der Waals surface area contributed by atoms with Crippen molar-refractivity contribution in [3.05, 3.63) is 23.8 Å². The monoisotopic (exact) mass is 207 g/mol. The van der Waals surface area contributed by atoms with E-state index in [0.717, 1.165) is 17.1 Å². The molecule has 1 N–H and O–H groups in total. The molecular weight excluding hydrogens is 194 g/mol. The van der Waals surface area contributed by atoms with Gasteiger partial charge in [0, 0.05) is 5.56 Å². The zero-order valence-corrected chi connectivity index (χ0v) is 8.74. The lowest BCUT2D eigenvalue weighted by Gasteiger charge is -2.28. The summed E-state index contributed by atoms with van der Waals surface area (Å²) < 4.78 is 10.4. The van der Waals surface area contributed by atoms with Gasteiger partial charge in [0.25, 0.3) is 0 Å². The van der Waals surface area contributed by atoms with Crippen LogP contribution in [-0.2, 0) is 4.79 Å². The maximum Gasteiger partial charge on any atom is 0.222 e. The van der Waals surface area contributed by atoms with Gasteiger partial charge in [0.05, 0.1) is 26.7 Å². The van der Waals surface area contributed by atoms with Crippen molar-refractivity contribution in [1.82, 2.24) is 5.32 Å². The second-order valence-corrected chi connectivity index (χ2v) is 3.43. The summed E-state index contributed by atoms with van der Waals surface area (Å²) in [4.78, 5) is 10.9. The Labute approximate surface area is 88.2 Å². The normalized spacial score (nSPS) is 19.1. The summed E-state index contributed by atoms with van der Waals surface area (Å²) in [6.45, 7) is 0. The molecule has 2 rings (SSSR count). The van der Waals surface area contributed by atoms with Crippen LogP contribution in [0.15, 0.2) is 18.2 Å². The smallest absolute Gasteiger partial charge is 0.222 e. The van der Waals surface area contributed by atoms with E-state index in [1.807, 2.05) is 18.2 Å². The summed E-state index contributed by atoms with van der Waals surface area (Å²) in [5.41, 5.74) is 0.969. The molecular formula is C11H13NO3. The molecule has 4 heteroatoms. The third-order valence-electron chi connectivity index (χ3n) is 2.54. The molecule has 0 aromatic heterocycles. The largest absolute Gasteiger partial charge is 0.497 e. The molecule has 1 heterocycles. The number of carbonyl (C=O) groups excluding carboxylic acids is 1. The van der Waals surface area contributed by atoms with Crippen LogP contribution >= 0.6 is 0 Å². The number of nitrogens with one attached hydrogen (secondary N) is 1. The van der Waals surface area contributed by atoms with Gasteiger partial charge in [-0.3, -0.25) is 4.79 Å². The van der Waals surface area contributed by atoms with E-state index in [1.165, 1.54) is 0 Å². The molecule has 0 radical (unpaired) electrons. The fourth-order valence-corrected chi connectivity index (χ4v) is 1.66. The van der Waals surface area contributed by atoms with Crippen LogP contribution in [0.4, 0.5) is 0 Å². The highest BCUT2D eigenvalue weighted by atomic mass is 16.5. The van der Waals surface area contributed by atoms with E-state index < -0.39 is 0 Å². The van der Waals surface area contributed by atoms with E-state index >= 15 is 0 Å². The second-order valence-electron chi connectivity index (χ2n) is 3.43. The molecule has 1 atom stereocenters. The van der Waals surface area contributed by atoms with Gasteiger partial charge >= 0.3 is 0 Å². The molecule has 80 valence electrons. The summed E-state index contributed by atoms with van der Waals surface area (Å²) in [5, 5.41) is 2.81. The Kier molecular flexibility index (Phi) is 2.49. The van der Waals surface area contributed by atoms with E-state index in [4.69, 9.17) is 9.47 Å². The summed E-state index contributed by atoms with van der Waals surface area (Å²) in [7, 11) is 3.23. The van der Waals surface area contributed by atoms with Crippen molar-refractivity contribution in [1.29, 1.82) is 0 Å². The van der Waals surface area contributed by atoms with Crippen molar-refractivity contribution in [2.24, 2.45) is 0 Å². The minimum Gasteiger partial charge on any atom is -0.497 e. The van der Waals surface area contributed by atoms with Gasteiger partial charge in [-0.15, -0.1) is 0 Å². The van der Waals surface area contributed by atoms with Crippen molar-refractivity contribution in [3.8, 4) is 11.5 Å². The summed E-state index contributed by atoms with van der Waals surface area (Å²) >= 11 is 0. The third kappa shape index (κ3) is 1.75. The zero-order chi connectivity index (χ0) is 10.8.